The van der Waals surface area contributed by atoms with E-state index < -0.39 is 0 Å². The summed E-state index contributed by atoms with van der Waals surface area (Å²) in [4.78, 5) is 0. The number of aromatic nitrogens is 3. The van der Waals surface area contributed by atoms with Crippen molar-refractivity contribution in [3.8, 4) is 0 Å². The van der Waals surface area contributed by atoms with E-state index >= 15 is 0 Å². The van der Waals surface area contributed by atoms with Crippen molar-refractivity contribution in [1.29, 1.82) is 0 Å². The molecule has 4 heteroatoms. The Labute approximate surface area is 103 Å². The van der Waals surface area contributed by atoms with Crippen LogP contribution < -0.4 is 0 Å². The minimum absolute atomic E-state index is 0.00819. The second-order valence-corrected chi connectivity index (χ2v) is 4.72. The van der Waals surface area contributed by atoms with Gasteiger partial charge in [0, 0.05) is 12.7 Å². The molecule has 1 aromatic heterocycles. The van der Waals surface area contributed by atoms with Crippen molar-refractivity contribution >= 4 is 11.6 Å². The van der Waals surface area contributed by atoms with Gasteiger partial charge in [0.2, 0.25) is 0 Å². The molecule has 0 aliphatic heterocycles. The van der Waals surface area contributed by atoms with Gasteiger partial charge < -0.3 is 0 Å². The van der Waals surface area contributed by atoms with Crippen LogP contribution in [0.1, 0.15) is 63.4 Å². The first-order chi connectivity index (χ1) is 7.77. The Hall–Kier alpha value is -0.570. The quantitative estimate of drug-likeness (QED) is 0.512. The zero-order valence-corrected chi connectivity index (χ0v) is 11.1. The topological polar surface area (TPSA) is 30.7 Å². The fourth-order valence-corrected chi connectivity index (χ4v) is 1.75. The predicted molar refractivity (Wildman–Crippen MR) is 67.7 cm³/mol. The fourth-order valence-electron chi connectivity index (χ4n) is 1.65. The Balaban J connectivity index is 2.24. The van der Waals surface area contributed by atoms with Gasteiger partial charge in [0.15, 0.2) is 0 Å². The first-order valence-electron chi connectivity index (χ1n) is 6.32. The number of unbranched alkanes of at least 4 members (excludes halogenated alkanes) is 4. The number of halogens is 1. The number of nitrogens with zero attached hydrogens (tertiary/aromatic N) is 3. The summed E-state index contributed by atoms with van der Waals surface area (Å²) in [6.45, 7) is 5.25. The largest absolute Gasteiger partial charge is 0.252 e. The van der Waals surface area contributed by atoms with E-state index in [1.165, 1.54) is 32.1 Å². The lowest BCUT2D eigenvalue weighted by molar-refractivity contribution is 0.521. The molecule has 0 amide bonds. The molecule has 16 heavy (non-hydrogen) atoms. The highest BCUT2D eigenvalue weighted by molar-refractivity contribution is 6.20. The zero-order chi connectivity index (χ0) is 11.8. The third-order valence-electron chi connectivity index (χ3n) is 2.73. The lowest BCUT2D eigenvalue weighted by atomic mass is 10.1. The highest BCUT2D eigenvalue weighted by Gasteiger charge is 2.09. The molecule has 1 aromatic rings. The standard InChI is InChI=1S/C12H22ClN3/c1-3-5-6-7-8-9-16-10-12(14-15-16)11(13)4-2/h10-11H,3-9H2,1-2H3. The Morgan fingerprint density at radius 2 is 2.00 bits per heavy atom. The normalized spacial score (nSPS) is 12.9. The first-order valence-corrected chi connectivity index (χ1v) is 6.75. The van der Waals surface area contributed by atoms with Gasteiger partial charge in [-0.1, -0.05) is 44.7 Å². The van der Waals surface area contributed by atoms with Crippen LogP contribution in [0, 0.1) is 0 Å². The molecule has 0 bridgehead atoms. The molecule has 0 aliphatic carbocycles. The molecule has 3 nitrogen and oxygen atoms in total. The van der Waals surface area contributed by atoms with E-state index in [0.717, 1.165) is 18.7 Å². The summed E-state index contributed by atoms with van der Waals surface area (Å²) >= 11 is 6.09. The minimum atomic E-state index is 0.00819. The van der Waals surface area contributed by atoms with Crippen LogP contribution in [0.2, 0.25) is 0 Å². The van der Waals surface area contributed by atoms with Gasteiger partial charge in [0.1, 0.15) is 5.69 Å². The van der Waals surface area contributed by atoms with Crippen molar-refractivity contribution in [3.05, 3.63) is 11.9 Å². The van der Waals surface area contributed by atoms with E-state index in [1.807, 2.05) is 10.9 Å². The van der Waals surface area contributed by atoms with Gasteiger partial charge in [-0.15, -0.1) is 16.7 Å². The third kappa shape index (κ3) is 4.52. The van der Waals surface area contributed by atoms with E-state index in [2.05, 4.69) is 24.2 Å². The summed E-state index contributed by atoms with van der Waals surface area (Å²) in [5.41, 5.74) is 0.901. The van der Waals surface area contributed by atoms with Gasteiger partial charge >= 0.3 is 0 Å². The molecule has 0 N–H and O–H groups in total. The Morgan fingerprint density at radius 3 is 2.69 bits per heavy atom. The van der Waals surface area contributed by atoms with E-state index in [9.17, 15) is 0 Å². The number of hydrogen-bond donors (Lipinski definition) is 0. The van der Waals surface area contributed by atoms with Gasteiger partial charge in [0.25, 0.3) is 0 Å². The van der Waals surface area contributed by atoms with Crippen LogP contribution in [-0.4, -0.2) is 15.0 Å². The lowest BCUT2D eigenvalue weighted by Crippen LogP contribution is -1.98. The average molecular weight is 244 g/mol. The van der Waals surface area contributed by atoms with Crippen molar-refractivity contribution in [2.45, 2.75) is 64.3 Å². The molecule has 0 radical (unpaired) electrons. The van der Waals surface area contributed by atoms with Gasteiger partial charge in [-0.3, -0.25) is 4.68 Å². The molecule has 0 aliphatic rings. The molecule has 1 atom stereocenters. The molecular weight excluding hydrogens is 222 g/mol. The van der Waals surface area contributed by atoms with Crippen LogP contribution in [0.15, 0.2) is 6.20 Å². The summed E-state index contributed by atoms with van der Waals surface area (Å²) in [6.07, 6.45) is 9.28. The number of alkyl halides is 1. The van der Waals surface area contributed by atoms with E-state index in [-0.39, 0.29) is 5.38 Å². The summed E-state index contributed by atoms with van der Waals surface area (Å²) in [5.74, 6) is 0. The molecule has 0 saturated heterocycles. The Morgan fingerprint density at radius 1 is 1.25 bits per heavy atom. The number of hydrogen-bond acceptors (Lipinski definition) is 2. The van der Waals surface area contributed by atoms with Crippen molar-refractivity contribution in [2.24, 2.45) is 0 Å². The van der Waals surface area contributed by atoms with Crippen molar-refractivity contribution < 1.29 is 0 Å². The Kier molecular flexibility index (Phi) is 6.46. The van der Waals surface area contributed by atoms with E-state index in [1.54, 1.807) is 0 Å². The van der Waals surface area contributed by atoms with Crippen LogP contribution in [0.3, 0.4) is 0 Å². The van der Waals surface area contributed by atoms with E-state index in [0.29, 0.717) is 0 Å². The summed E-state index contributed by atoms with van der Waals surface area (Å²) in [7, 11) is 0. The van der Waals surface area contributed by atoms with Crippen LogP contribution >= 0.6 is 11.6 Å². The van der Waals surface area contributed by atoms with Crippen LogP contribution in [0.25, 0.3) is 0 Å². The predicted octanol–water partition coefficient (Wildman–Crippen LogP) is 3.94. The Bertz CT molecular complexity index is 286. The van der Waals surface area contributed by atoms with Crippen LogP contribution in [0.5, 0.6) is 0 Å². The molecule has 1 unspecified atom stereocenters. The molecule has 0 saturated carbocycles. The smallest absolute Gasteiger partial charge is 0.100 e. The molecule has 0 fully saturated rings. The van der Waals surface area contributed by atoms with Gasteiger partial charge in [-0.2, -0.15) is 0 Å². The maximum Gasteiger partial charge on any atom is 0.100 e. The number of rotatable bonds is 8. The van der Waals surface area contributed by atoms with Gasteiger partial charge in [-0.25, -0.2) is 0 Å². The van der Waals surface area contributed by atoms with Crippen LogP contribution in [-0.2, 0) is 6.54 Å². The second kappa shape index (κ2) is 7.66. The van der Waals surface area contributed by atoms with Gasteiger partial charge in [0.05, 0.1) is 5.38 Å². The highest BCUT2D eigenvalue weighted by atomic mass is 35.5. The summed E-state index contributed by atoms with van der Waals surface area (Å²) in [6, 6.07) is 0. The third-order valence-corrected chi connectivity index (χ3v) is 3.26. The van der Waals surface area contributed by atoms with Crippen molar-refractivity contribution in [3.63, 3.8) is 0 Å². The molecule has 92 valence electrons. The fraction of sp³-hybridized carbons (Fsp3) is 0.833. The van der Waals surface area contributed by atoms with Crippen molar-refractivity contribution in [1.82, 2.24) is 15.0 Å². The highest BCUT2D eigenvalue weighted by Crippen LogP contribution is 2.20. The van der Waals surface area contributed by atoms with E-state index in [4.69, 9.17) is 11.6 Å². The molecule has 0 spiro atoms. The molecule has 1 rings (SSSR count). The second-order valence-electron chi connectivity index (χ2n) is 4.20. The monoisotopic (exact) mass is 243 g/mol. The van der Waals surface area contributed by atoms with Gasteiger partial charge in [-0.05, 0) is 12.8 Å². The molecule has 1 heterocycles. The minimum Gasteiger partial charge on any atom is -0.252 e. The first kappa shape index (κ1) is 13.5. The van der Waals surface area contributed by atoms with Crippen molar-refractivity contribution in [2.75, 3.05) is 0 Å². The lowest BCUT2D eigenvalue weighted by Gasteiger charge is -2.01. The maximum absolute atomic E-state index is 6.09. The average Bonchev–Trinajstić information content (AvgIpc) is 2.76. The molecular formula is C12H22ClN3. The summed E-state index contributed by atoms with van der Waals surface area (Å²) in [5, 5.41) is 8.18. The number of aryl methyl sites for hydroxylation is 1. The van der Waals surface area contributed by atoms with Crippen LogP contribution in [0.4, 0.5) is 0 Å². The maximum atomic E-state index is 6.09. The molecule has 0 aromatic carbocycles. The summed E-state index contributed by atoms with van der Waals surface area (Å²) < 4.78 is 1.91. The SMILES string of the molecule is CCCCCCCn1cc(C(Cl)CC)nn1. The zero-order valence-electron chi connectivity index (χ0n) is 10.3.